The summed E-state index contributed by atoms with van der Waals surface area (Å²) in [7, 11) is -3.73. The fourth-order valence-corrected chi connectivity index (χ4v) is 4.07. The van der Waals surface area contributed by atoms with E-state index in [1.807, 2.05) is 6.92 Å². The minimum absolute atomic E-state index is 0.00910. The second-order valence-corrected chi connectivity index (χ2v) is 8.05. The number of aromatic amines is 1. The van der Waals surface area contributed by atoms with E-state index in [1.165, 1.54) is 12.1 Å². The molecule has 0 radical (unpaired) electrons. The lowest BCUT2D eigenvalue weighted by atomic mass is 10.1. The number of phenols is 1. The van der Waals surface area contributed by atoms with Crippen molar-refractivity contribution in [3.05, 3.63) is 76.6 Å². The molecule has 0 bridgehead atoms. The number of anilines is 1. The molecular formula is C20H16N2O4S. The molecule has 3 aromatic carbocycles. The fraction of sp³-hybridized carbons (Fsp3) is 0.0500. The summed E-state index contributed by atoms with van der Waals surface area (Å²) in [6, 6.07) is 16.1. The fourth-order valence-electron chi connectivity index (χ4n) is 3.02. The number of fused-ring (bicyclic) bond motifs is 3. The van der Waals surface area contributed by atoms with E-state index in [0.29, 0.717) is 22.0 Å². The van der Waals surface area contributed by atoms with Crippen molar-refractivity contribution in [1.29, 1.82) is 0 Å². The number of H-pyrrole nitrogens is 1. The predicted molar refractivity (Wildman–Crippen MR) is 106 cm³/mol. The van der Waals surface area contributed by atoms with Crippen molar-refractivity contribution in [3.63, 3.8) is 0 Å². The molecule has 0 saturated heterocycles. The Morgan fingerprint density at radius 1 is 0.889 bits per heavy atom. The summed E-state index contributed by atoms with van der Waals surface area (Å²) < 4.78 is 27.6. The molecule has 4 rings (SSSR count). The normalized spacial score (nSPS) is 11.7. The standard InChI is InChI=1S/C20H16N2O4S/c1-12-2-6-15(7-3-12)27(25,26)22-13-4-8-17-16-9-5-14(23)11-18(16)20(24)21-19(17)10-13/h2-11,22-23H,1H3,(H,21,24). The van der Waals surface area contributed by atoms with Crippen molar-refractivity contribution >= 4 is 37.4 Å². The van der Waals surface area contributed by atoms with Gasteiger partial charge in [-0.3, -0.25) is 9.52 Å². The minimum Gasteiger partial charge on any atom is -0.508 e. The van der Waals surface area contributed by atoms with Crippen molar-refractivity contribution in [2.24, 2.45) is 0 Å². The van der Waals surface area contributed by atoms with E-state index in [4.69, 9.17) is 0 Å². The molecule has 0 amide bonds. The van der Waals surface area contributed by atoms with E-state index >= 15 is 0 Å². The first kappa shape index (κ1) is 17.1. The van der Waals surface area contributed by atoms with E-state index < -0.39 is 10.0 Å². The lowest BCUT2D eigenvalue weighted by Gasteiger charge is -2.10. The zero-order valence-corrected chi connectivity index (χ0v) is 15.2. The van der Waals surface area contributed by atoms with Crippen LogP contribution in [0.4, 0.5) is 5.69 Å². The highest BCUT2D eigenvalue weighted by atomic mass is 32.2. The largest absolute Gasteiger partial charge is 0.508 e. The molecule has 0 saturated carbocycles. The summed E-state index contributed by atoms with van der Waals surface area (Å²) in [4.78, 5) is 15.2. The number of hydrogen-bond donors (Lipinski definition) is 3. The number of aromatic hydroxyl groups is 1. The molecule has 0 spiro atoms. The van der Waals surface area contributed by atoms with Crippen LogP contribution in [-0.2, 0) is 10.0 Å². The van der Waals surface area contributed by atoms with Gasteiger partial charge in [0.25, 0.3) is 15.6 Å². The smallest absolute Gasteiger partial charge is 0.261 e. The van der Waals surface area contributed by atoms with Gasteiger partial charge in [0.2, 0.25) is 0 Å². The number of benzene rings is 3. The number of sulfonamides is 1. The molecule has 6 nitrogen and oxygen atoms in total. The van der Waals surface area contributed by atoms with Gasteiger partial charge in [-0.25, -0.2) is 8.42 Å². The molecule has 0 unspecified atom stereocenters. The Bertz CT molecular complexity index is 1340. The molecular weight excluding hydrogens is 364 g/mol. The van der Waals surface area contributed by atoms with E-state index in [2.05, 4.69) is 9.71 Å². The Kier molecular flexibility index (Phi) is 3.89. The van der Waals surface area contributed by atoms with E-state index in [-0.39, 0.29) is 16.2 Å². The van der Waals surface area contributed by atoms with Crippen LogP contribution in [0.2, 0.25) is 0 Å². The number of nitrogens with one attached hydrogen (secondary N) is 2. The van der Waals surface area contributed by atoms with Gasteiger partial charge in [-0.1, -0.05) is 23.8 Å². The number of hydrogen-bond acceptors (Lipinski definition) is 4. The number of aryl methyl sites for hydroxylation is 1. The maximum Gasteiger partial charge on any atom is 0.261 e. The summed E-state index contributed by atoms with van der Waals surface area (Å²) in [5.74, 6) is 0.00910. The van der Waals surface area contributed by atoms with Crippen LogP contribution in [0, 0.1) is 6.92 Å². The molecule has 4 aromatic rings. The van der Waals surface area contributed by atoms with Crippen LogP contribution < -0.4 is 10.3 Å². The molecule has 0 aliphatic rings. The highest BCUT2D eigenvalue weighted by Crippen LogP contribution is 2.27. The quantitative estimate of drug-likeness (QED) is 0.474. The first-order chi connectivity index (χ1) is 12.8. The van der Waals surface area contributed by atoms with Gasteiger partial charge in [-0.15, -0.1) is 0 Å². The van der Waals surface area contributed by atoms with Crippen molar-refractivity contribution in [1.82, 2.24) is 4.98 Å². The number of pyridine rings is 1. The van der Waals surface area contributed by atoms with E-state index in [0.717, 1.165) is 10.9 Å². The summed E-state index contributed by atoms with van der Waals surface area (Å²) in [6.07, 6.45) is 0. The first-order valence-corrected chi connectivity index (χ1v) is 9.70. The molecule has 1 heterocycles. The van der Waals surface area contributed by atoms with Gasteiger partial charge in [-0.2, -0.15) is 0 Å². The first-order valence-electron chi connectivity index (χ1n) is 8.22. The van der Waals surface area contributed by atoms with Crippen LogP contribution in [0.15, 0.2) is 70.4 Å². The highest BCUT2D eigenvalue weighted by Gasteiger charge is 2.15. The van der Waals surface area contributed by atoms with Crippen LogP contribution in [0.25, 0.3) is 21.7 Å². The van der Waals surface area contributed by atoms with E-state index in [1.54, 1.807) is 48.5 Å². The van der Waals surface area contributed by atoms with E-state index in [9.17, 15) is 18.3 Å². The number of rotatable bonds is 3. The van der Waals surface area contributed by atoms with Gasteiger partial charge in [0.15, 0.2) is 0 Å². The summed E-state index contributed by atoms with van der Waals surface area (Å²) in [6.45, 7) is 1.88. The van der Waals surface area contributed by atoms with Crippen molar-refractivity contribution in [2.75, 3.05) is 4.72 Å². The molecule has 1 aromatic heterocycles. The maximum absolute atomic E-state index is 12.6. The molecule has 7 heteroatoms. The summed E-state index contributed by atoms with van der Waals surface area (Å²) in [5, 5.41) is 11.4. The van der Waals surface area contributed by atoms with Crippen LogP contribution in [0.5, 0.6) is 5.75 Å². The molecule has 0 atom stereocenters. The lowest BCUT2D eigenvalue weighted by Crippen LogP contribution is -2.13. The zero-order chi connectivity index (χ0) is 19.2. The Balaban J connectivity index is 1.80. The number of aromatic nitrogens is 1. The van der Waals surface area contributed by atoms with Gasteiger partial charge < -0.3 is 10.1 Å². The van der Waals surface area contributed by atoms with Gasteiger partial charge in [-0.05, 0) is 54.8 Å². The van der Waals surface area contributed by atoms with Crippen LogP contribution in [0.3, 0.4) is 0 Å². The Hall–Kier alpha value is -3.32. The zero-order valence-electron chi connectivity index (χ0n) is 14.4. The predicted octanol–water partition coefficient (Wildman–Crippen LogP) is 3.50. The topological polar surface area (TPSA) is 99.3 Å². The highest BCUT2D eigenvalue weighted by molar-refractivity contribution is 7.92. The molecule has 0 fully saturated rings. The third-order valence-corrected chi connectivity index (χ3v) is 5.79. The molecule has 0 aliphatic heterocycles. The second kappa shape index (κ2) is 6.14. The van der Waals surface area contributed by atoms with Gasteiger partial charge >= 0.3 is 0 Å². The minimum atomic E-state index is -3.73. The van der Waals surface area contributed by atoms with Gasteiger partial charge in [0.05, 0.1) is 21.5 Å². The average Bonchev–Trinajstić information content (AvgIpc) is 2.62. The van der Waals surface area contributed by atoms with Gasteiger partial charge in [0, 0.05) is 5.39 Å². The monoisotopic (exact) mass is 380 g/mol. The van der Waals surface area contributed by atoms with Gasteiger partial charge in [0.1, 0.15) is 5.75 Å². The Morgan fingerprint density at radius 3 is 2.33 bits per heavy atom. The van der Waals surface area contributed by atoms with Crippen molar-refractivity contribution < 1.29 is 13.5 Å². The van der Waals surface area contributed by atoms with Crippen LogP contribution >= 0.6 is 0 Å². The molecule has 136 valence electrons. The summed E-state index contributed by atoms with van der Waals surface area (Å²) >= 11 is 0. The maximum atomic E-state index is 12.6. The lowest BCUT2D eigenvalue weighted by molar-refractivity contribution is 0.476. The third kappa shape index (κ3) is 3.13. The van der Waals surface area contributed by atoms with Crippen LogP contribution in [-0.4, -0.2) is 18.5 Å². The SMILES string of the molecule is Cc1ccc(S(=O)(=O)Nc2ccc3c(c2)[nH]c(=O)c2cc(O)ccc23)cc1. The Labute approximate surface area is 155 Å². The van der Waals surface area contributed by atoms with Crippen molar-refractivity contribution in [2.45, 2.75) is 11.8 Å². The summed E-state index contributed by atoms with van der Waals surface area (Å²) in [5.41, 5.74) is 1.46. The third-order valence-electron chi connectivity index (χ3n) is 4.39. The Morgan fingerprint density at radius 2 is 1.59 bits per heavy atom. The van der Waals surface area contributed by atoms with Crippen LogP contribution in [0.1, 0.15) is 5.56 Å². The average molecular weight is 380 g/mol. The molecule has 3 N–H and O–H groups in total. The van der Waals surface area contributed by atoms with Crippen molar-refractivity contribution in [3.8, 4) is 5.75 Å². The molecule has 0 aliphatic carbocycles. The second-order valence-electron chi connectivity index (χ2n) is 6.36. The molecule has 27 heavy (non-hydrogen) atoms. The number of phenolic OH excluding ortho intramolecular Hbond substituents is 1.